The van der Waals surface area contributed by atoms with Crippen LogP contribution in [0.15, 0.2) is 30.6 Å². The lowest BCUT2D eigenvalue weighted by molar-refractivity contribution is -0.125. The number of ether oxygens (including phenoxy) is 2. The molecular weight excluding hydrogens is 360 g/mol. The van der Waals surface area contributed by atoms with E-state index in [9.17, 15) is 9.59 Å². The van der Waals surface area contributed by atoms with Gasteiger partial charge in [0, 0.05) is 46.1 Å². The summed E-state index contributed by atoms with van der Waals surface area (Å²) in [5.74, 6) is 1.15. The van der Waals surface area contributed by atoms with Crippen LogP contribution in [0, 0.1) is 0 Å². The number of hydrogen-bond donors (Lipinski definition) is 1. The number of nitrogens with zero attached hydrogens (tertiary/aromatic N) is 3. The molecule has 2 aliphatic heterocycles. The monoisotopic (exact) mass is 384 g/mol. The van der Waals surface area contributed by atoms with Gasteiger partial charge >= 0.3 is 0 Å². The highest BCUT2D eigenvalue weighted by molar-refractivity contribution is 5.98. The summed E-state index contributed by atoms with van der Waals surface area (Å²) >= 11 is 0. The van der Waals surface area contributed by atoms with E-state index in [1.54, 1.807) is 17.2 Å². The number of carbonyl (C=O) groups is 2. The lowest BCUT2D eigenvalue weighted by atomic mass is 10.0. The van der Waals surface area contributed by atoms with Gasteiger partial charge in [-0.3, -0.25) is 9.59 Å². The van der Waals surface area contributed by atoms with Crippen LogP contribution in [0.4, 0.5) is 0 Å². The third kappa shape index (κ3) is 3.35. The molecular formula is C20H24N4O4. The third-order valence-corrected chi connectivity index (χ3v) is 5.36. The number of nitrogens with one attached hydrogen (secondary N) is 1. The summed E-state index contributed by atoms with van der Waals surface area (Å²) in [4.78, 5) is 31.6. The highest BCUT2D eigenvalue weighted by atomic mass is 16.5. The molecule has 2 atom stereocenters. The van der Waals surface area contributed by atoms with Gasteiger partial charge in [0.2, 0.25) is 5.91 Å². The number of amides is 2. The van der Waals surface area contributed by atoms with Crippen molar-refractivity contribution in [2.75, 3.05) is 33.4 Å². The average molecular weight is 384 g/mol. The normalized spacial score (nSPS) is 20.7. The molecule has 8 nitrogen and oxygen atoms in total. The fraction of sp³-hybridized carbons (Fsp3) is 0.450. The van der Waals surface area contributed by atoms with Crippen LogP contribution in [-0.2, 0) is 23.0 Å². The molecule has 1 aromatic carbocycles. The van der Waals surface area contributed by atoms with E-state index in [4.69, 9.17) is 9.47 Å². The van der Waals surface area contributed by atoms with Crippen molar-refractivity contribution in [3.63, 3.8) is 0 Å². The predicted octanol–water partition coefficient (Wildman–Crippen LogP) is 0.726. The van der Waals surface area contributed by atoms with Crippen molar-refractivity contribution < 1.29 is 19.1 Å². The van der Waals surface area contributed by atoms with E-state index in [0.717, 1.165) is 17.8 Å². The minimum atomic E-state index is -0.231. The van der Waals surface area contributed by atoms with E-state index >= 15 is 0 Å². The summed E-state index contributed by atoms with van der Waals surface area (Å²) in [5.41, 5.74) is 1.65. The van der Waals surface area contributed by atoms with Crippen LogP contribution in [0.2, 0.25) is 0 Å². The Hall–Kier alpha value is -2.87. The molecule has 3 heterocycles. The van der Waals surface area contributed by atoms with Crippen LogP contribution >= 0.6 is 0 Å². The first-order chi connectivity index (χ1) is 13.6. The Morgan fingerprint density at radius 2 is 2.21 bits per heavy atom. The maximum Gasteiger partial charge on any atom is 0.257 e. The first kappa shape index (κ1) is 18.5. The maximum atomic E-state index is 13.2. The molecule has 0 unspecified atom stereocenters. The molecule has 0 bridgehead atoms. The van der Waals surface area contributed by atoms with Crippen molar-refractivity contribution in [3.05, 3.63) is 47.5 Å². The topological polar surface area (TPSA) is 85.7 Å². The molecule has 2 aliphatic rings. The minimum absolute atomic E-state index is 0.0161. The summed E-state index contributed by atoms with van der Waals surface area (Å²) in [6.07, 6.45) is 4.42. The van der Waals surface area contributed by atoms with Crippen LogP contribution in [0.5, 0.6) is 5.75 Å². The highest BCUT2D eigenvalue weighted by Crippen LogP contribution is 2.33. The molecule has 1 saturated heterocycles. The second-order valence-corrected chi connectivity index (χ2v) is 7.21. The van der Waals surface area contributed by atoms with Gasteiger partial charge in [0.25, 0.3) is 5.91 Å². The van der Waals surface area contributed by atoms with Gasteiger partial charge < -0.3 is 24.3 Å². The zero-order valence-corrected chi connectivity index (χ0v) is 16.1. The van der Waals surface area contributed by atoms with Crippen LogP contribution < -0.4 is 10.1 Å². The number of benzene rings is 1. The van der Waals surface area contributed by atoms with Crippen LogP contribution in [0.3, 0.4) is 0 Å². The van der Waals surface area contributed by atoms with Gasteiger partial charge in [-0.15, -0.1) is 0 Å². The Morgan fingerprint density at radius 1 is 1.36 bits per heavy atom. The van der Waals surface area contributed by atoms with E-state index in [0.29, 0.717) is 31.0 Å². The largest absolute Gasteiger partial charge is 0.492 e. The van der Waals surface area contributed by atoms with Gasteiger partial charge in [0.1, 0.15) is 18.2 Å². The number of aromatic nitrogens is 2. The number of carbonyl (C=O) groups excluding carboxylic acids is 2. The molecule has 2 aromatic rings. The zero-order chi connectivity index (χ0) is 19.7. The summed E-state index contributed by atoms with van der Waals surface area (Å²) < 4.78 is 12.6. The molecule has 0 spiro atoms. The summed E-state index contributed by atoms with van der Waals surface area (Å²) in [7, 11) is 3.40. The van der Waals surface area contributed by atoms with E-state index in [2.05, 4.69) is 10.3 Å². The SMILES string of the molecule is COCC(=O)N[C@@H]1CN(C(=O)c2cccc3c2OCC3)C[C@H]1c1nccn1C. The second-order valence-electron chi connectivity index (χ2n) is 7.21. The van der Waals surface area contributed by atoms with Crippen molar-refractivity contribution in [1.82, 2.24) is 19.8 Å². The quantitative estimate of drug-likeness (QED) is 0.821. The molecule has 148 valence electrons. The first-order valence-electron chi connectivity index (χ1n) is 9.38. The number of imidazole rings is 1. The minimum Gasteiger partial charge on any atom is -0.492 e. The number of aryl methyl sites for hydroxylation is 1. The van der Waals surface area contributed by atoms with Crippen LogP contribution in [0.25, 0.3) is 0 Å². The van der Waals surface area contributed by atoms with E-state index in [1.807, 2.05) is 29.9 Å². The van der Waals surface area contributed by atoms with Crippen molar-refractivity contribution in [2.24, 2.45) is 7.05 Å². The first-order valence-corrected chi connectivity index (χ1v) is 9.38. The smallest absolute Gasteiger partial charge is 0.257 e. The van der Waals surface area contributed by atoms with Gasteiger partial charge in [-0.05, 0) is 11.6 Å². The van der Waals surface area contributed by atoms with E-state index in [1.165, 1.54) is 7.11 Å². The zero-order valence-electron chi connectivity index (χ0n) is 16.1. The molecule has 1 aromatic heterocycles. The average Bonchev–Trinajstić information content (AvgIpc) is 3.40. The molecule has 8 heteroatoms. The Morgan fingerprint density at radius 3 is 2.96 bits per heavy atom. The highest BCUT2D eigenvalue weighted by Gasteiger charge is 2.40. The number of hydrogen-bond acceptors (Lipinski definition) is 5. The Bertz CT molecular complexity index is 894. The standard InChI is InChI=1S/C20H24N4O4/c1-23-8-7-21-19(23)15-10-24(11-16(15)22-17(25)12-27-2)20(26)14-5-3-4-13-6-9-28-18(13)14/h3-5,7-8,15-16H,6,9-12H2,1-2H3,(H,22,25)/t15-,16-/m1/s1. The third-order valence-electron chi connectivity index (χ3n) is 5.36. The molecule has 0 radical (unpaired) electrons. The molecule has 1 N–H and O–H groups in total. The van der Waals surface area contributed by atoms with Crippen molar-refractivity contribution in [1.29, 1.82) is 0 Å². The number of rotatable bonds is 5. The molecule has 0 saturated carbocycles. The second kappa shape index (κ2) is 7.63. The van der Waals surface area contributed by atoms with Crippen molar-refractivity contribution >= 4 is 11.8 Å². The lowest BCUT2D eigenvalue weighted by Crippen LogP contribution is -2.42. The van der Waals surface area contributed by atoms with Crippen LogP contribution in [-0.4, -0.2) is 65.7 Å². The van der Waals surface area contributed by atoms with Gasteiger partial charge in [-0.1, -0.05) is 12.1 Å². The van der Waals surface area contributed by atoms with Crippen molar-refractivity contribution in [3.8, 4) is 5.75 Å². The lowest BCUT2D eigenvalue weighted by Gasteiger charge is -2.19. The maximum absolute atomic E-state index is 13.2. The van der Waals surface area contributed by atoms with E-state index in [-0.39, 0.29) is 30.4 Å². The van der Waals surface area contributed by atoms with Gasteiger partial charge in [-0.2, -0.15) is 0 Å². The van der Waals surface area contributed by atoms with Gasteiger partial charge in [-0.25, -0.2) is 4.98 Å². The number of fused-ring (bicyclic) bond motifs is 1. The Kier molecular flexibility index (Phi) is 5.04. The summed E-state index contributed by atoms with van der Waals surface area (Å²) in [6.45, 7) is 1.48. The van der Waals surface area contributed by atoms with Gasteiger partial charge in [0.05, 0.1) is 24.1 Å². The van der Waals surface area contributed by atoms with E-state index < -0.39 is 0 Å². The molecule has 28 heavy (non-hydrogen) atoms. The number of para-hydroxylation sites is 1. The van der Waals surface area contributed by atoms with Gasteiger partial charge in [0.15, 0.2) is 0 Å². The Labute approximate surface area is 163 Å². The Balaban J connectivity index is 1.59. The molecule has 2 amide bonds. The molecule has 4 rings (SSSR count). The predicted molar refractivity (Wildman–Crippen MR) is 101 cm³/mol. The number of methoxy groups -OCH3 is 1. The van der Waals surface area contributed by atoms with Crippen molar-refractivity contribution in [2.45, 2.75) is 18.4 Å². The molecule has 1 fully saturated rings. The summed E-state index contributed by atoms with van der Waals surface area (Å²) in [6, 6.07) is 5.46. The fourth-order valence-corrected chi connectivity index (χ4v) is 4.05. The summed E-state index contributed by atoms with van der Waals surface area (Å²) in [5, 5.41) is 2.99. The fourth-order valence-electron chi connectivity index (χ4n) is 4.05. The number of likely N-dealkylation sites (tertiary alicyclic amines) is 1. The van der Waals surface area contributed by atoms with Crippen LogP contribution in [0.1, 0.15) is 27.7 Å². The molecule has 0 aliphatic carbocycles.